The van der Waals surface area contributed by atoms with Gasteiger partial charge in [-0.25, -0.2) is 0 Å². The fourth-order valence-corrected chi connectivity index (χ4v) is 8.94. The van der Waals surface area contributed by atoms with E-state index in [0.29, 0.717) is 0 Å². The molecule has 22 heavy (non-hydrogen) atoms. The van der Waals surface area contributed by atoms with Gasteiger partial charge in [0.2, 0.25) is 7.22 Å². The molecule has 0 saturated carbocycles. The molecule has 0 spiro atoms. The molecule has 0 saturated heterocycles. The van der Waals surface area contributed by atoms with E-state index in [1.807, 2.05) is 18.2 Å². The summed E-state index contributed by atoms with van der Waals surface area (Å²) in [5.74, 6) is 0. The number of nitrogens with zero attached hydrogens (tertiary/aromatic N) is 1. The van der Waals surface area contributed by atoms with Crippen molar-refractivity contribution in [1.29, 1.82) is 5.26 Å². The van der Waals surface area contributed by atoms with Crippen LogP contribution in [0.25, 0.3) is 0 Å². The van der Waals surface area contributed by atoms with Crippen molar-refractivity contribution >= 4 is 34.0 Å². The van der Waals surface area contributed by atoms with E-state index in [1.165, 1.54) is 26.8 Å². The summed E-state index contributed by atoms with van der Waals surface area (Å²) < 4.78 is 0. The Hall–Kier alpha value is -2.28. The summed E-state index contributed by atoms with van der Waals surface area (Å²) in [6.45, 7) is 0. The second-order valence-corrected chi connectivity index (χ2v) is 10.9. The Kier molecular flexibility index (Phi) is 4.43. The lowest BCUT2D eigenvalue weighted by atomic mass is 10.3. The molecule has 0 unspecified atom stereocenters. The van der Waals surface area contributed by atoms with Gasteiger partial charge >= 0.3 is 0 Å². The fourth-order valence-electron chi connectivity index (χ4n) is 2.76. The van der Waals surface area contributed by atoms with Crippen LogP contribution in [-0.4, -0.2) is 7.22 Å². The van der Waals surface area contributed by atoms with Crippen LogP contribution in [0.3, 0.4) is 0 Å². The largest absolute Gasteiger partial charge is 0.227 e. The van der Waals surface area contributed by atoms with Crippen LogP contribution in [0.2, 0.25) is 0 Å². The molecule has 0 atom stereocenters. The summed E-state index contributed by atoms with van der Waals surface area (Å²) >= 11 is 1.43. The van der Waals surface area contributed by atoms with E-state index in [2.05, 4.69) is 78.2 Å². The smallest absolute Gasteiger partial charge is 0.186 e. The average molecular weight is 317 g/mol. The summed E-state index contributed by atoms with van der Waals surface area (Å²) in [4.78, 5) is 0. The minimum absolute atomic E-state index is 1.25. The van der Waals surface area contributed by atoms with Crippen LogP contribution in [-0.2, 0) is 0 Å². The number of rotatable bonds is 4. The quantitative estimate of drug-likeness (QED) is 0.420. The van der Waals surface area contributed by atoms with Gasteiger partial charge in [-0.1, -0.05) is 102 Å². The van der Waals surface area contributed by atoms with Crippen LogP contribution in [0.4, 0.5) is 0 Å². The molecular formula is C19H15NSSi. The Morgan fingerprint density at radius 1 is 0.591 bits per heavy atom. The van der Waals surface area contributed by atoms with Crippen LogP contribution >= 0.6 is 11.2 Å². The molecule has 0 fully saturated rings. The predicted molar refractivity (Wildman–Crippen MR) is 97.2 cm³/mol. The topological polar surface area (TPSA) is 23.8 Å². The normalized spacial score (nSPS) is 10.9. The summed E-state index contributed by atoms with van der Waals surface area (Å²) in [6, 6.07) is 31.3. The van der Waals surface area contributed by atoms with Gasteiger partial charge in [0.15, 0.2) is 0 Å². The molecular weight excluding hydrogens is 302 g/mol. The van der Waals surface area contributed by atoms with Crippen molar-refractivity contribution in [3.8, 4) is 5.40 Å². The van der Waals surface area contributed by atoms with Crippen molar-refractivity contribution in [1.82, 2.24) is 0 Å². The molecule has 3 rings (SSSR count). The standard InChI is InChI=1S/C19H15NSSi/c20-16-21-22(17-10-4-1-5-11-17,18-12-6-2-7-13-18)19-14-8-3-9-15-19/h1-15H. The van der Waals surface area contributed by atoms with Crippen LogP contribution in [0.1, 0.15) is 0 Å². The zero-order valence-electron chi connectivity index (χ0n) is 12.0. The van der Waals surface area contributed by atoms with Crippen LogP contribution in [0.15, 0.2) is 91.0 Å². The molecule has 1 nitrogen and oxygen atoms in total. The molecule has 0 heterocycles. The molecule has 3 aromatic rings. The molecule has 0 bridgehead atoms. The summed E-state index contributed by atoms with van der Waals surface area (Å²) in [5, 5.41) is 15.7. The van der Waals surface area contributed by atoms with Crippen LogP contribution < -0.4 is 15.6 Å². The molecule has 3 aromatic carbocycles. The van der Waals surface area contributed by atoms with Gasteiger partial charge in [0.25, 0.3) is 0 Å². The van der Waals surface area contributed by atoms with E-state index in [4.69, 9.17) is 0 Å². The van der Waals surface area contributed by atoms with Crippen molar-refractivity contribution in [3.05, 3.63) is 91.0 Å². The van der Waals surface area contributed by atoms with E-state index in [0.717, 1.165) is 0 Å². The number of thiocyanates is 1. The van der Waals surface area contributed by atoms with Crippen molar-refractivity contribution in [3.63, 3.8) is 0 Å². The van der Waals surface area contributed by atoms with Gasteiger partial charge in [0.1, 0.15) is 5.40 Å². The zero-order valence-corrected chi connectivity index (χ0v) is 13.8. The Labute approximate surface area is 135 Å². The summed E-state index contributed by atoms with van der Waals surface area (Å²) in [7, 11) is -2.37. The molecule has 0 aliphatic carbocycles. The summed E-state index contributed by atoms with van der Waals surface area (Å²) in [6.07, 6.45) is 0. The van der Waals surface area contributed by atoms with Gasteiger partial charge in [0, 0.05) is 0 Å². The van der Waals surface area contributed by atoms with Gasteiger partial charge in [-0.05, 0) is 15.6 Å². The van der Waals surface area contributed by atoms with E-state index in [9.17, 15) is 5.26 Å². The molecule has 106 valence electrons. The number of hydrogen-bond acceptors (Lipinski definition) is 2. The zero-order chi connectivity index (χ0) is 15.3. The Balaban J connectivity index is 2.32. The Morgan fingerprint density at radius 3 is 1.18 bits per heavy atom. The third-order valence-electron chi connectivity index (χ3n) is 3.74. The molecule has 0 amide bonds. The second kappa shape index (κ2) is 6.65. The van der Waals surface area contributed by atoms with Gasteiger partial charge in [-0.2, -0.15) is 5.26 Å². The number of nitriles is 1. The Morgan fingerprint density at radius 2 is 0.909 bits per heavy atom. The first-order valence-corrected chi connectivity index (χ1v) is 10.7. The highest BCUT2D eigenvalue weighted by molar-refractivity contribution is 8.36. The molecule has 0 N–H and O–H groups in total. The maximum absolute atomic E-state index is 9.53. The SMILES string of the molecule is N#CS[Si](c1ccccc1)(c1ccccc1)c1ccccc1. The second-order valence-electron chi connectivity index (χ2n) is 4.97. The van der Waals surface area contributed by atoms with Crippen molar-refractivity contribution in [2.45, 2.75) is 0 Å². The van der Waals surface area contributed by atoms with E-state index in [-0.39, 0.29) is 0 Å². The van der Waals surface area contributed by atoms with Gasteiger partial charge in [-0.3, -0.25) is 0 Å². The fraction of sp³-hybridized carbons (Fsp3) is 0. The van der Waals surface area contributed by atoms with Crippen molar-refractivity contribution in [2.24, 2.45) is 0 Å². The highest BCUT2D eigenvalue weighted by atomic mass is 32.4. The minimum atomic E-state index is -2.37. The number of benzene rings is 3. The lowest BCUT2D eigenvalue weighted by Gasteiger charge is -2.29. The van der Waals surface area contributed by atoms with Crippen molar-refractivity contribution in [2.75, 3.05) is 0 Å². The molecule has 0 aliphatic heterocycles. The van der Waals surface area contributed by atoms with Gasteiger partial charge < -0.3 is 0 Å². The average Bonchev–Trinajstić information content (AvgIpc) is 2.62. The minimum Gasteiger partial charge on any atom is -0.186 e. The molecule has 0 aromatic heterocycles. The van der Waals surface area contributed by atoms with Gasteiger partial charge in [0.05, 0.1) is 0 Å². The molecule has 0 aliphatic rings. The van der Waals surface area contributed by atoms with Gasteiger partial charge in [-0.15, -0.1) is 0 Å². The van der Waals surface area contributed by atoms with Crippen LogP contribution in [0.5, 0.6) is 0 Å². The molecule has 3 heteroatoms. The monoisotopic (exact) mass is 317 g/mol. The first-order chi connectivity index (χ1) is 10.9. The first-order valence-electron chi connectivity index (χ1n) is 7.11. The summed E-state index contributed by atoms with van der Waals surface area (Å²) in [5.41, 5.74) is 0. The number of hydrogen-bond donors (Lipinski definition) is 0. The Bertz CT molecular complexity index is 670. The third kappa shape index (κ3) is 2.59. The third-order valence-corrected chi connectivity index (χ3v) is 10.9. The van der Waals surface area contributed by atoms with E-state index < -0.39 is 7.22 Å². The maximum atomic E-state index is 9.53. The lowest BCUT2D eigenvalue weighted by Crippen LogP contribution is -2.64. The van der Waals surface area contributed by atoms with E-state index in [1.54, 1.807) is 0 Å². The highest BCUT2D eigenvalue weighted by Crippen LogP contribution is 2.20. The van der Waals surface area contributed by atoms with Crippen LogP contribution in [0, 0.1) is 10.7 Å². The molecule has 0 radical (unpaired) electrons. The maximum Gasteiger partial charge on any atom is 0.227 e. The highest BCUT2D eigenvalue weighted by Gasteiger charge is 2.40. The lowest BCUT2D eigenvalue weighted by molar-refractivity contribution is 1.57. The van der Waals surface area contributed by atoms with E-state index >= 15 is 0 Å². The predicted octanol–water partition coefficient (Wildman–Crippen LogP) is 2.87. The van der Waals surface area contributed by atoms with Crippen molar-refractivity contribution < 1.29 is 0 Å². The first kappa shape index (κ1) is 14.6.